The van der Waals surface area contributed by atoms with E-state index < -0.39 is 15.9 Å². The summed E-state index contributed by atoms with van der Waals surface area (Å²) in [6.45, 7) is 1.13. The van der Waals surface area contributed by atoms with E-state index in [4.69, 9.17) is 4.42 Å². The van der Waals surface area contributed by atoms with Gasteiger partial charge in [0.1, 0.15) is 12.3 Å². The van der Waals surface area contributed by atoms with Crippen molar-refractivity contribution in [2.45, 2.75) is 13.5 Å². The molecule has 134 valence electrons. The highest BCUT2D eigenvalue weighted by atomic mass is 32.2. The Labute approximate surface area is 145 Å². The second kappa shape index (κ2) is 7.84. The number of anilines is 2. The van der Waals surface area contributed by atoms with Gasteiger partial charge in [0.2, 0.25) is 21.8 Å². The average Bonchev–Trinajstić information content (AvgIpc) is 3.02. The van der Waals surface area contributed by atoms with Gasteiger partial charge < -0.3 is 15.1 Å². The minimum atomic E-state index is -3.69. The molecule has 2 N–H and O–H groups in total. The van der Waals surface area contributed by atoms with Crippen LogP contribution in [0, 0.1) is 0 Å². The van der Waals surface area contributed by atoms with E-state index in [2.05, 4.69) is 10.6 Å². The van der Waals surface area contributed by atoms with Gasteiger partial charge in [-0.05, 0) is 30.3 Å². The van der Waals surface area contributed by atoms with Crippen LogP contribution >= 0.6 is 0 Å². The number of furan rings is 1. The van der Waals surface area contributed by atoms with Crippen LogP contribution in [0.4, 0.5) is 11.4 Å². The van der Waals surface area contributed by atoms with Gasteiger partial charge >= 0.3 is 0 Å². The van der Waals surface area contributed by atoms with Crippen molar-refractivity contribution in [2.24, 2.45) is 0 Å². The largest absolute Gasteiger partial charge is 0.467 e. The molecule has 0 aliphatic rings. The summed E-state index contributed by atoms with van der Waals surface area (Å²) >= 11 is 0. The lowest BCUT2D eigenvalue weighted by molar-refractivity contribution is -0.120. The van der Waals surface area contributed by atoms with E-state index in [-0.39, 0.29) is 24.7 Å². The van der Waals surface area contributed by atoms with E-state index in [1.165, 1.54) is 19.3 Å². The Morgan fingerprint density at radius 2 is 1.96 bits per heavy atom. The molecule has 9 heteroatoms. The first-order valence-electron chi connectivity index (χ1n) is 7.40. The van der Waals surface area contributed by atoms with Crippen LogP contribution in [-0.2, 0) is 26.2 Å². The van der Waals surface area contributed by atoms with Gasteiger partial charge in [-0.15, -0.1) is 0 Å². The molecule has 2 rings (SSSR count). The zero-order chi connectivity index (χ0) is 18.4. The van der Waals surface area contributed by atoms with E-state index in [0.717, 1.165) is 10.6 Å². The second-order valence-corrected chi connectivity index (χ2v) is 7.26. The molecule has 25 heavy (non-hydrogen) atoms. The van der Waals surface area contributed by atoms with Crippen molar-refractivity contribution in [2.75, 3.05) is 22.4 Å². The Kier molecular flexibility index (Phi) is 5.81. The van der Waals surface area contributed by atoms with Crippen LogP contribution < -0.4 is 14.9 Å². The van der Waals surface area contributed by atoms with Gasteiger partial charge in [0.25, 0.3) is 0 Å². The molecule has 0 saturated carbocycles. The Balaban J connectivity index is 2.13. The maximum Gasteiger partial charge on any atom is 0.241 e. The number of amides is 2. The number of hydrogen-bond donors (Lipinski definition) is 2. The Morgan fingerprint density at radius 3 is 2.56 bits per heavy atom. The van der Waals surface area contributed by atoms with E-state index in [9.17, 15) is 18.0 Å². The number of rotatable bonds is 7. The predicted octanol–water partition coefficient (Wildman–Crippen LogP) is 1.32. The molecule has 1 heterocycles. The van der Waals surface area contributed by atoms with Crippen molar-refractivity contribution < 1.29 is 22.4 Å². The van der Waals surface area contributed by atoms with Gasteiger partial charge in [0.05, 0.1) is 24.8 Å². The highest BCUT2D eigenvalue weighted by Crippen LogP contribution is 2.21. The fourth-order valence-electron chi connectivity index (χ4n) is 2.13. The minimum absolute atomic E-state index is 0.162. The number of sulfonamides is 1. The molecule has 0 radical (unpaired) electrons. The zero-order valence-corrected chi connectivity index (χ0v) is 14.7. The van der Waals surface area contributed by atoms with Gasteiger partial charge in [0, 0.05) is 12.6 Å². The fraction of sp³-hybridized carbons (Fsp3) is 0.250. The second-order valence-electron chi connectivity index (χ2n) is 5.36. The van der Waals surface area contributed by atoms with Crippen LogP contribution in [0.2, 0.25) is 0 Å². The summed E-state index contributed by atoms with van der Waals surface area (Å²) in [6.07, 6.45) is 2.50. The number of carbonyl (C=O) groups is 2. The molecule has 0 fully saturated rings. The summed E-state index contributed by atoms with van der Waals surface area (Å²) < 4.78 is 30.2. The summed E-state index contributed by atoms with van der Waals surface area (Å²) in [4.78, 5) is 23.3. The number of benzene rings is 1. The summed E-state index contributed by atoms with van der Waals surface area (Å²) in [5.41, 5.74) is 0.719. The van der Waals surface area contributed by atoms with Crippen molar-refractivity contribution in [3.8, 4) is 0 Å². The third-order valence-corrected chi connectivity index (χ3v) is 4.32. The summed E-state index contributed by atoms with van der Waals surface area (Å²) in [5.74, 6) is -0.196. The molecule has 2 amide bonds. The molecular formula is C16H19N3O5S. The highest BCUT2D eigenvalue weighted by Gasteiger charge is 2.21. The molecule has 2 aromatic rings. The Hall–Kier alpha value is -2.81. The number of nitrogens with one attached hydrogen (secondary N) is 2. The molecule has 0 saturated heterocycles. The van der Waals surface area contributed by atoms with Crippen LogP contribution in [0.15, 0.2) is 47.1 Å². The number of nitrogens with zero attached hydrogens (tertiary/aromatic N) is 1. The molecular weight excluding hydrogens is 346 g/mol. The molecule has 0 aliphatic carbocycles. The number of hydrogen-bond acceptors (Lipinski definition) is 5. The molecule has 0 atom stereocenters. The lowest BCUT2D eigenvalue weighted by atomic mass is 10.2. The first-order valence-corrected chi connectivity index (χ1v) is 9.25. The topological polar surface area (TPSA) is 109 Å². The standard InChI is InChI=1S/C16H19N3O5S/c1-12(20)18-13-5-3-6-14(9-13)19(25(2,22)23)11-16(21)17-10-15-7-4-8-24-15/h3-9H,10-11H2,1-2H3,(H,17,21)(H,18,20). The van der Waals surface area contributed by atoms with Crippen molar-refractivity contribution >= 4 is 33.2 Å². The van der Waals surface area contributed by atoms with Gasteiger partial charge in [-0.1, -0.05) is 6.07 Å². The third kappa shape index (κ3) is 5.64. The summed E-state index contributed by atoms with van der Waals surface area (Å²) in [5, 5.41) is 5.17. The van der Waals surface area contributed by atoms with Crippen LogP contribution in [0.1, 0.15) is 12.7 Å². The SMILES string of the molecule is CC(=O)Nc1cccc(N(CC(=O)NCc2ccco2)S(C)(=O)=O)c1. The van der Waals surface area contributed by atoms with Gasteiger partial charge in [-0.2, -0.15) is 0 Å². The maximum absolute atomic E-state index is 12.1. The molecule has 1 aromatic heterocycles. The highest BCUT2D eigenvalue weighted by molar-refractivity contribution is 7.92. The monoisotopic (exact) mass is 365 g/mol. The summed E-state index contributed by atoms with van der Waals surface area (Å²) in [7, 11) is -3.69. The van der Waals surface area contributed by atoms with E-state index in [1.54, 1.807) is 30.3 Å². The first kappa shape index (κ1) is 18.5. The molecule has 0 aliphatic heterocycles. The van der Waals surface area contributed by atoms with Crippen LogP contribution in [0.3, 0.4) is 0 Å². The Bertz CT molecular complexity index is 846. The van der Waals surface area contributed by atoms with Crippen molar-refractivity contribution in [3.05, 3.63) is 48.4 Å². The van der Waals surface area contributed by atoms with E-state index in [0.29, 0.717) is 11.4 Å². The van der Waals surface area contributed by atoms with Crippen molar-refractivity contribution in [1.82, 2.24) is 5.32 Å². The smallest absolute Gasteiger partial charge is 0.241 e. The van der Waals surface area contributed by atoms with Crippen molar-refractivity contribution in [1.29, 1.82) is 0 Å². The summed E-state index contributed by atoms with van der Waals surface area (Å²) in [6, 6.07) is 9.65. The minimum Gasteiger partial charge on any atom is -0.467 e. The van der Waals surface area contributed by atoms with Gasteiger partial charge in [0.15, 0.2) is 0 Å². The molecule has 8 nitrogen and oxygen atoms in total. The van der Waals surface area contributed by atoms with Gasteiger partial charge in [-0.25, -0.2) is 8.42 Å². The van der Waals surface area contributed by atoms with Gasteiger partial charge in [-0.3, -0.25) is 13.9 Å². The van der Waals surface area contributed by atoms with Crippen molar-refractivity contribution in [3.63, 3.8) is 0 Å². The van der Waals surface area contributed by atoms with Crippen LogP contribution in [-0.4, -0.2) is 33.0 Å². The predicted molar refractivity (Wildman–Crippen MR) is 93.5 cm³/mol. The fourth-order valence-corrected chi connectivity index (χ4v) is 2.98. The van der Waals surface area contributed by atoms with Crippen LogP contribution in [0.25, 0.3) is 0 Å². The lowest BCUT2D eigenvalue weighted by Crippen LogP contribution is -2.40. The molecule has 0 unspecified atom stereocenters. The number of carbonyl (C=O) groups excluding carboxylic acids is 2. The zero-order valence-electron chi connectivity index (χ0n) is 13.9. The third-order valence-electron chi connectivity index (χ3n) is 3.18. The lowest BCUT2D eigenvalue weighted by Gasteiger charge is -2.22. The quantitative estimate of drug-likeness (QED) is 0.769. The van der Waals surface area contributed by atoms with Crippen LogP contribution in [0.5, 0.6) is 0 Å². The van der Waals surface area contributed by atoms with E-state index in [1.807, 2.05) is 0 Å². The molecule has 0 spiro atoms. The average molecular weight is 365 g/mol. The molecule has 1 aromatic carbocycles. The van der Waals surface area contributed by atoms with E-state index >= 15 is 0 Å². The maximum atomic E-state index is 12.1. The first-order chi connectivity index (χ1) is 11.8. The normalized spacial score (nSPS) is 11.0. The Morgan fingerprint density at radius 1 is 1.20 bits per heavy atom. The molecule has 0 bridgehead atoms.